The number of ether oxygens (including phenoxy) is 1. The molecule has 15 nitrogen and oxygen atoms in total. The maximum absolute atomic E-state index is 13.6. The van der Waals surface area contributed by atoms with Crippen LogP contribution in [0.2, 0.25) is 0 Å². The van der Waals surface area contributed by atoms with Crippen molar-refractivity contribution in [3.63, 3.8) is 0 Å². The number of amides is 3. The Hall–Kier alpha value is -7.17. The summed E-state index contributed by atoms with van der Waals surface area (Å²) in [6.07, 6.45) is 9.29. The van der Waals surface area contributed by atoms with E-state index in [4.69, 9.17) is 15.1 Å². The minimum absolute atomic E-state index is 0.0244. The Kier molecular flexibility index (Phi) is 15.3. The van der Waals surface area contributed by atoms with Gasteiger partial charge in [-0.25, -0.2) is 14.8 Å². The van der Waals surface area contributed by atoms with Crippen molar-refractivity contribution in [2.24, 2.45) is 17.8 Å². The number of aromatic nitrogens is 2. The Morgan fingerprint density at radius 2 is 1.61 bits per heavy atom. The van der Waals surface area contributed by atoms with Gasteiger partial charge in [-0.05, 0) is 173 Å². The van der Waals surface area contributed by atoms with Gasteiger partial charge < -0.3 is 35.3 Å². The van der Waals surface area contributed by atoms with Crippen molar-refractivity contribution >= 4 is 73.3 Å². The number of rotatable bonds is 17. The van der Waals surface area contributed by atoms with Crippen molar-refractivity contribution in [2.75, 3.05) is 73.4 Å². The third-order valence-electron chi connectivity index (χ3n) is 15.7. The van der Waals surface area contributed by atoms with Crippen LogP contribution < -0.4 is 30.5 Å². The SMILES string of the molecule is CNc1cc(N2CCC(CCN3CCC(CCCOc4cccc(-c5ccc(N6CCc7cccc(C(=O)Nc8nc9ccccc9s8)c7C6)nc5C(=O)O)c4C)CC3)CC2)ccc1C(=N)C1CCC(=O)NC1=O. The summed E-state index contributed by atoms with van der Waals surface area (Å²) in [7, 11) is 1.84. The van der Waals surface area contributed by atoms with Gasteiger partial charge in [-0.1, -0.05) is 47.7 Å². The molecule has 10 rings (SSSR count). The Labute approximate surface area is 436 Å². The fourth-order valence-corrected chi connectivity index (χ4v) is 12.2. The number of anilines is 4. The van der Waals surface area contributed by atoms with Gasteiger partial charge in [-0.3, -0.25) is 25.0 Å². The molecule has 2 aromatic heterocycles. The van der Waals surface area contributed by atoms with Gasteiger partial charge in [0.1, 0.15) is 11.6 Å². The van der Waals surface area contributed by atoms with Crippen LogP contribution in [0, 0.1) is 30.1 Å². The summed E-state index contributed by atoms with van der Waals surface area (Å²) in [5.74, 6) is 0.0617. The second-order valence-corrected chi connectivity index (χ2v) is 21.3. The fourth-order valence-electron chi connectivity index (χ4n) is 11.4. The van der Waals surface area contributed by atoms with Gasteiger partial charge in [0.05, 0.1) is 28.5 Å². The summed E-state index contributed by atoms with van der Waals surface area (Å²) < 4.78 is 7.38. The van der Waals surface area contributed by atoms with Crippen molar-refractivity contribution < 1.29 is 29.0 Å². The van der Waals surface area contributed by atoms with Crippen LogP contribution in [0.1, 0.15) is 101 Å². The highest BCUT2D eigenvalue weighted by atomic mass is 32.1. The van der Waals surface area contributed by atoms with E-state index in [1.165, 1.54) is 30.6 Å². The van der Waals surface area contributed by atoms with Crippen LogP contribution in [0.15, 0.2) is 91.0 Å². The van der Waals surface area contributed by atoms with Crippen molar-refractivity contribution in [1.29, 1.82) is 5.41 Å². The van der Waals surface area contributed by atoms with Gasteiger partial charge in [0.2, 0.25) is 11.8 Å². The highest BCUT2D eigenvalue weighted by molar-refractivity contribution is 7.22. The molecule has 3 saturated heterocycles. The number of nitrogens with one attached hydrogen (secondary N) is 4. The maximum Gasteiger partial charge on any atom is 0.355 e. The van der Waals surface area contributed by atoms with Crippen LogP contribution in [0.5, 0.6) is 5.75 Å². The summed E-state index contributed by atoms with van der Waals surface area (Å²) >= 11 is 1.44. The zero-order valence-corrected chi connectivity index (χ0v) is 43.1. The monoisotopic (exact) mass is 1020 g/mol. The van der Waals surface area contributed by atoms with Gasteiger partial charge in [0.15, 0.2) is 10.8 Å². The topological polar surface area (TPSA) is 193 Å². The first-order valence-corrected chi connectivity index (χ1v) is 27.0. The number of likely N-dealkylation sites (tertiary alicyclic amines) is 1. The number of benzene rings is 4. The van der Waals surface area contributed by atoms with Crippen LogP contribution in [-0.2, 0) is 22.6 Å². The summed E-state index contributed by atoms with van der Waals surface area (Å²) in [4.78, 5) is 67.1. The smallest absolute Gasteiger partial charge is 0.355 e. The molecule has 3 amide bonds. The van der Waals surface area contributed by atoms with E-state index in [1.807, 2.05) is 97.7 Å². The molecule has 4 aliphatic rings. The lowest BCUT2D eigenvalue weighted by Crippen LogP contribution is -2.44. The Morgan fingerprint density at radius 3 is 2.39 bits per heavy atom. The lowest BCUT2D eigenvalue weighted by atomic mass is 9.88. The standard InChI is InChI=1S/C58H65N9O6S/c1-36-41(42-17-19-51(62-54(42)57(71)72)67-32-26-39-9-5-11-43(46(39)35-67)55(69)64-58-61-47-12-3-4-14-50(47)74-58)10-6-13-49(36)73-33-7-8-37-21-27-65(28-22-37)29-23-38-24-30-66(31-25-38)40-15-16-44(48(34-40)60-2)53(59)45-18-20-52(68)63-56(45)70/h3-6,9-17,19,34,37-38,45,59-60H,7-8,18,20-33,35H2,1-2H3,(H,71,72)(H,61,64,69)(H,63,68,70). The number of carboxylic acid groups (broad SMARTS) is 1. The van der Waals surface area contributed by atoms with Gasteiger partial charge >= 0.3 is 5.97 Å². The predicted octanol–water partition coefficient (Wildman–Crippen LogP) is 9.82. The normalized spacial score (nSPS) is 17.7. The number of thiazole rings is 1. The average molecular weight is 1020 g/mol. The van der Waals surface area contributed by atoms with Crippen LogP contribution in [0.3, 0.4) is 0 Å². The Bertz CT molecular complexity index is 3050. The molecule has 6 heterocycles. The van der Waals surface area contributed by atoms with Crippen molar-refractivity contribution in [3.8, 4) is 16.9 Å². The number of para-hydroxylation sites is 1. The number of nitrogens with zero attached hydrogens (tertiary/aromatic N) is 5. The number of piperidine rings is 3. The van der Waals surface area contributed by atoms with E-state index in [1.54, 1.807) is 0 Å². The third kappa shape index (κ3) is 11.2. The average Bonchev–Trinajstić information content (AvgIpc) is 3.84. The number of carboxylic acids is 1. The molecular formula is C58H65N9O6S. The second-order valence-electron chi connectivity index (χ2n) is 20.2. The molecule has 6 aromatic rings. The van der Waals surface area contributed by atoms with E-state index in [0.717, 1.165) is 108 Å². The van der Waals surface area contributed by atoms with E-state index < -0.39 is 11.9 Å². The Morgan fingerprint density at radius 1 is 0.824 bits per heavy atom. The number of carbonyl (C=O) groups excluding carboxylic acids is 3. The van der Waals surface area contributed by atoms with Gasteiger partial charge in [0.25, 0.3) is 5.91 Å². The van der Waals surface area contributed by atoms with E-state index in [0.29, 0.717) is 72.0 Å². The van der Waals surface area contributed by atoms with E-state index in [9.17, 15) is 24.3 Å². The summed E-state index contributed by atoms with van der Waals surface area (Å²) in [5.41, 5.74) is 8.45. The van der Waals surface area contributed by atoms with Crippen molar-refractivity contribution in [2.45, 2.75) is 77.7 Å². The number of imide groups is 1. The molecule has 1 atom stereocenters. The molecule has 16 heteroatoms. The first kappa shape index (κ1) is 50.4. The zero-order valence-electron chi connectivity index (χ0n) is 42.3. The van der Waals surface area contributed by atoms with E-state index in [-0.39, 0.29) is 35.5 Å². The quantitative estimate of drug-likeness (QED) is 0.0331. The second kappa shape index (κ2) is 22.5. The molecule has 4 aromatic carbocycles. The van der Waals surface area contributed by atoms with Crippen LogP contribution in [-0.4, -0.2) is 102 Å². The molecule has 0 spiro atoms. The number of aromatic carboxylic acids is 1. The summed E-state index contributed by atoms with van der Waals surface area (Å²) in [5, 5.41) is 28.4. The number of pyridine rings is 1. The Balaban J connectivity index is 0.670. The van der Waals surface area contributed by atoms with E-state index in [2.05, 4.69) is 42.9 Å². The first-order valence-electron chi connectivity index (χ1n) is 26.2. The predicted molar refractivity (Wildman–Crippen MR) is 292 cm³/mol. The molecule has 0 aliphatic carbocycles. The summed E-state index contributed by atoms with van der Waals surface area (Å²) in [6, 6.07) is 29.2. The fraction of sp³-hybridized carbons (Fsp3) is 0.397. The molecule has 3 fully saturated rings. The lowest BCUT2D eigenvalue weighted by Gasteiger charge is -2.36. The van der Waals surface area contributed by atoms with Gasteiger partial charge in [-0.2, -0.15) is 0 Å². The minimum Gasteiger partial charge on any atom is -0.493 e. The molecule has 0 saturated carbocycles. The number of hydrogen-bond donors (Lipinski definition) is 5. The zero-order chi connectivity index (χ0) is 51.3. The molecular weight excluding hydrogens is 951 g/mol. The van der Waals surface area contributed by atoms with Crippen LogP contribution in [0.4, 0.5) is 22.3 Å². The van der Waals surface area contributed by atoms with Crippen LogP contribution in [0.25, 0.3) is 21.3 Å². The van der Waals surface area contributed by atoms with Gasteiger partial charge in [0, 0.05) is 67.7 Å². The lowest BCUT2D eigenvalue weighted by molar-refractivity contribution is -0.134. The third-order valence-corrected chi connectivity index (χ3v) is 16.7. The molecule has 74 heavy (non-hydrogen) atoms. The molecule has 0 bridgehead atoms. The molecule has 4 aliphatic heterocycles. The number of hydrogen-bond acceptors (Lipinski definition) is 13. The molecule has 0 radical (unpaired) electrons. The summed E-state index contributed by atoms with van der Waals surface area (Å²) in [6.45, 7) is 9.01. The van der Waals surface area contributed by atoms with Crippen molar-refractivity contribution in [1.82, 2.24) is 20.2 Å². The minimum atomic E-state index is -1.11. The molecule has 5 N–H and O–H groups in total. The maximum atomic E-state index is 13.6. The van der Waals surface area contributed by atoms with Gasteiger partial charge in [-0.15, -0.1) is 0 Å². The largest absolute Gasteiger partial charge is 0.493 e. The van der Waals surface area contributed by atoms with Crippen molar-refractivity contribution in [3.05, 3.63) is 125 Å². The highest BCUT2D eigenvalue weighted by Crippen LogP contribution is 2.36. The number of carbonyl (C=O) groups is 4. The van der Waals surface area contributed by atoms with Crippen LogP contribution >= 0.6 is 11.3 Å². The molecule has 1 unspecified atom stereocenters. The number of fused-ring (bicyclic) bond motifs is 2. The first-order chi connectivity index (χ1) is 36.0. The highest BCUT2D eigenvalue weighted by Gasteiger charge is 2.32. The van der Waals surface area contributed by atoms with E-state index >= 15 is 0 Å². The molecule has 384 valence electrons.